The summed E-state index contributed by atoms with van der Waals surface area (Å²) in [5.74, 6) is 0. The largest absolute Gasteiger partial charge is 0.315 e. The van der Waals surface area contributed by atoms with Crippen molar-refractivity contribution >= 4 is 38.0 Å². The molecule has 2 aromatic rings. The summed E-state index contributed by atoms with van der Waals surface area (Å²) in [5, 5.41) is 14.0. The molecular formula is C11H11N3O3S2. The lowest BCUT2D eigenvalue weighted by atomic mass is 10.3. The van der Waals surface area contributed by atoms with Crippen LogP contribution in [0.25, 0.3) is 10.2 Å². The minimum absolute atomic E-state index is 0.0117. The van der Waals surface area contributed by atoms with E-state index in [0.717, 1.165) is 24.2 Å². The van der Waals surface area contributed by atoms with Gasteiger partial charge in [-0.25, -0.2) is 4.98 Å². The lowest BCUT2D eigenvalue weighted by Crippen LogP contribution is -2.18. The Morgan fingerprint density at radius 2 is 2.37 bits per heavy atom. The van der Waals surface area contributed by atoms with Crippen molar-refractivity contribution in [2.75, 3.05) is 13.1 Å². The van der Waals surface area contributed by atoms with Gasteiger partial charge >= 0.3 is 0 Å². The van der Waals surface area contributed by atoms with Crippen LogP contribution in [-0.4, -0.2) is 32.5 Å². The average molecular weight is 297 g/mol. The molecule has 6 nitrogen and oxygen atoms in total. The van der Waals surface area contributed by atoms with Crippen molar-refractivity contribution in [3.63, 3.8) is 0 Å². The van der Waals surface area contributed by atoms with Crippen LogP contribution in [0.3, 0.4) is 0 Å². The molecule has 3 rings (SSSR count). The van der Waals surface area contributed by atoms with E-state index in [2.05, 4.69) is 10.3 Å². The molecule has 100 valence electrons. The molecule has 0 saturated carbocycles. The van der Waals surface area contributed by atoms with Gasteiger partial charge in [-0.1, -0.05) is 0 Å². The first-order chi connectivity index (χ1) is 9.15. The first kappa shape index (κ1) is 12.6. The number of nitro benzene ring substituents is 1. The number of nitrogens with zero attached hydrogens (tertiary/aromatic N) is 2. The van der Waals surface area contributed by atoms with Crippen LogP contribution in [0, 0.1) is 10.1 Å². The predicted molar refractivity (Wildman–Crippen MR) is 74.0 cm³/mol. The topological polar surface area (TPSA) is 85.1 Å². The summed E-state index contributed by atoms with van der Waals surface area (Å²) in [6, 6.07) is 4.54. The molecule has 0 aliphatic carbocycles. The predicted octanol–water partition coefficient (Wildman–Crippen LogP) is 1.67. The smallest absolute Gasteiger partial charge is 0.271 e. The van der Waals surface area contributed by atoms with Gasteiger partial charge in [0, 0.05) is 18.7 Å². The Kier molecular flexibility index (Phi) is 3.29. The van der Waals surface area contributed by atoms with E-state index in [9.17, 15) is 14.3 Å². The maximum absolute atomic E-state index is 12.3. The Labute approximate surface area is 115 Å². The molecule has 2 atom stereocenters. The van der Waals surface area contributed by atoms with Crippen molar-refractivity contribution in [2.24, 2.45) is 0 Å². The van der Waals surface area contributed by atoms with Crippen LogP contribution in [0.2, 0.25) is 0 Å². The maximum Gasteiger partial charge on any atom is 0.271 e. The molecule has 1 fully saturated rings. The summed E-state index contributed by atoms with van der Waals surface area (Å²) >= 11 is 1.35. The Morgan fingerprint density at radius 1 is 1.53 bits per heavy atom. The Balaban J connectivity index is 1.96. The highest BCUT2D eigenvalue weighted by atomic mass is 32.2. The van der Waals surface area contributed by atoms with Crippen molar-refractivity contribution in [3.8, 4) is 0 Å². The number of nitro groups is 1. The summed E-state index contributed by atoms with van der Waals surface area (Å²) in [5.41, 5.74) is 0.561. The second kappa shape index (κ2) is 4.95. The van der Waals surface area contributed by atoms with Crippen molar-refractivity contribution in [1.82, 2.24) is 10.3 Å². The van der Waals surface area contributed by atoms with Gasteiger partial charge in [0.25, 0.3) is 5.69 Å². The highest BCUT2D eigenvalue weighted by Gasteiger charge is 2.25. The summed E-state index contributed by atoms with van der Waals surface area (Å²) in [6.45, 7) is 1.62. The highest BCUT2D eigenvalue weighted by Crippen LogP contribution is 2.29. The summed E-state index contributed by atoms with van der Waals surface area (Å²) < 4.78 is 13.7. The molecule has 0 bridgehead atoms. The van der Waals surface area contributed by atoms with Crippen molar-refractivity contribution in [3.05, 3.63) is 28.3 Å². The molecule has 0 radical (unpaired) electrons. The first-order valence-corrected chi connectivity index (χ1v) is 7.84. The fourth-order valence-corrected chi connectivity index (χ4v) is 4.81. The number of thiazole rings is 1. The molecular weight excluding hydrogens is 286 g/mol. The van der Waals surface area contributed by atoms with Gasteiger partial charge in [-0.15, -0.1) is 11.3 Å². The molecule has 1 aromatic carbocycles. The fourth-order valence-electron chi connectivity index (χ4n) is 2.05. The zero-order valence-corrected chi connectivity index (χ0v) is 11.5. The third-order valence-corrected chi connectivity index (χ3v) is 6.07. The molecule has 19 heavy (non-hydrogen) atoms. The van der Waals surface area contributed by atoms with Crippen LogP contribution in [0.1, 0.15) is 6.42 Å². The van der Waals surface area contributed by atoms with E-state index in [1.165, 1.54) is 23.5 Å². The van der Waals surface area contributed by atoms with E-state index in [-0.39, 0.29) is 10.9 Å². The number of benzene rings is 1. The number of aromatic nitrogens is 1. The van der Waals surface area contributed by atoms with Gasteiger partial charge in [-0.05, 0) is 19.0 Å². The Bertz CT molecular complexity index is 664. The molecule has 8 heteroatoms. The Hall–Kier alpha value is -1.38. The van der Waals surface area contributed by atoms with Crippen molar-refractivity contribution in [2.45, 2.75) is 16.0 Å². The number of hydrogen-bond acceptors (Lipinski definition) is 6. The van der Waals surface area contributed by atoms with E-state index in [1.807, 2.05) is 0 Å². The van der Waals surface area contributed by atoms with Crippen LogP contribution < -0.4 is 5.32 Å². The average Bonchev–Trinajstić information content (AvgIpc) is 3.06. The van der Waals surface area contributed by atoms with Crippen LogP contribution in [0.15, 0.2) is 22.5 Å². The molecule has 1 aromatic heterocycles. The SMILES string of the molecule is O=[N+]([O-])c1ccc2sc([S@@](=O)[C@@H]3CCNC3)nc2c1. The normalized spacial score (nSPS) is 20.7. The number of nitrogens with one attached hydrogen (secondary N) is 1. The number of fused-ring (bicyclic) bond motifs is 1. The van der Waals surface area contributed by atoms with Gasteiger partial charge in [0.1, 0.15) is 0 Å². The quantitative estimate of drug-likeness (QED) is 0.688. The molecule has 0 unspecified atom stereocenters. The first-order valence-electron chi connectivity index (χ1n) is 5.81. The lowest BCUT2D eigenvalue weighted by molar-refractivity contribution is -0.384. The van der Waals surface area contributed by atoms with E-state index in [4.69, 9.17) is 0 Å². The zero-order chi connectivity index (χ0) is 13.4. The van der Waals surface area contributed by atoms with Gasteiger partial charge in [-0.2, -0.15) is 0 Å². The van der Waals surface area contributed by atoms with Crippen LogP contribution >= 0.6 is 11.3 Å². The van der Waals surface area contributed by atoms with E-state index >= 15 is 0 Å². The molecule has 0 amide bonds. The van der Waals surface area contributed by atoms with Crippen molar-refractivity contribution < 1.29 is 9.13 Å². The molecule has 1 saturated heterocycles. The van der Waals surface area contributed by atoms with Gasteiger partial charge in [0.2, 0.25) is 0 Å². The minimum Gasteiger partial charge on any atom is -0.315 e. The molecule has 1 N–H and O–H groups in total. The van der Waals surface area contributed by atoms with Gasteiger partial charge in [0.05, 0.1) is 31.2 Å². The number of hydrogen-bond donors (Lipinski definition) is 1. The standard InChI is InChI=1S/C11H11N3O3S2/c15-14(16)7-1-2-10-9(5-7)13-11(18-10)19(17)8-3-4-12-6-8/h1-2,5,8,12H,3-4,6H2/t8-,19+/m1/s1. The second-order valence-corrected chi connectivity index (χ2v) is 7.24. The second-order valence-electron chi connectivity index (χ2n) is 4.30. The van der Waals surface area contributed by atoms with Gasteiger partial charge < -0.3 is 5.32 Å². The van der Waals surface area contributed by atoms with Gasteiger partial charge in [-0.3, -0.25) is 14.3 Å². The summed E-state index contributed by atoms with van der Waals surface area (Å²) in [7, 11) is -1.13. The Morgan fingerprint density at radius 3 is 3.05 bits per heavy atom. The highest BCUT2D eigenvalue weighted by molar-refractivity contribution is 7.88. The molecule has 0 spiro atoms. The summed E-state index contributed by atoms with van der Waals surface area (Å²) in [6.07, 6.45) is 0.878. The fraction of sp³-hybridized carbons (Fsp3) is 0.364. The maximum atomic E-state index is 12.3. The van der Waals surface area contributed by atoms with Crippen LogP contribution in [0.4, 0.5) is 5.69 Å². The molecule has 2 heterocycles. The van der Waals surface area contributed by atoms with E-state index < -0.39 is 15.7 Å². The summed E-state index contributed by atoms with van der Waals surface area (Å²) in [4.78, 5) is 14.5. The van der Waals surface area contributed by atoms with Crippen molar-refractivity contribution in [1.29, 1.82) is 0 Å². The third kappa shape index (κ3) is 2.38. The van der Waals surface area contributed by atoms with E-state index in [1.54, 1.807) is 6.07 Å². The lowest BCUT2D eigenvalue weighted by Gasteiger charge is -2.03. The van der Waals surface area contributed by atoms with Gasteiger partial charge in [0.15, 0.2) is 4.34 Å². The molecule has 1 aliphatic rings. The number of rotatable bonds is 3. The number of non-ortho nitro benzene ring substituents is 1. The minimum atomic E-state index is -1.13. The van der Waals surface area contributed by atoms with Crippen LogP contribution in [-0.2, 0) is 10.8 Å². The third-order valence-electron chi connectivity index (χ3n) is 3.05. The van der Waals surface area contributed by atoms with Crippen LogP contribution in [0.5, 0.6) is 0 Å². The van der Waals surface area contributed by atoms with E-state index in [0.29, 0.717) is 9.86 Å². The zero-order valence-electron chi connectivity index (χ0n) is 9.87. The molecule has 1 aliphatic heterocycles. The monoisotopic (exact) mass is 297 g/mol.